The van der Waals surface area contributed by atoms with E-state index in [1.54, 1.807) is 18.6 Å². The van der Waals surface area contributed by atoms with Crippen LogP contribution in [0.15, 0.2) is 42.9 Å². The summed E-state index contributed by atoms with van der Waals surface area (Å²) in [6.07, 6.45) is 6.67. The van der Waals surface area contributed by atoms with Gasteiger partial charge in [0.1, 0.15) is 0 Å². The molecule has 1 fully saturated rings. The van der Waals surface area contributed by atoms with E-state index < -0.39 is 10.0 Å². The van der Waals surface area contributed by atoms with E-state index in [4.69, 9.17) is 0 Å². The Morgan fingerprint density at radius 2 is 2.10 bits per heavy atom. The molecule has 0 bridgehead atoms. The van der Waals surface area contributed by atoms with E-state index in [1.165, 1.54) is 0 Å². The van der Waals surface area contributed by atoms with Crippen LogP contribution in [0, 0.1) is 0 Å². The minimum atomic E-state index is -3.15. The van der Waals surface area contributed by atoms with E-state index in [-0.39, 0.29) is 5.25 Å². The zero-order chi connectivity index (χ0) is 14.0. The van der Waals surface area contributed by atoms with Gasteiger partial charge in [0, 0.05) is 30.7 Å². The molecule has 0 atom stereocenters. The van der Waals surface area contributed by atoms with E-state index in [0.717, 1.165) is 29.7 Å². The topological polar surface area (TPSA) is 72.0 Å². The van der Waals surface area contributed by atoms with Gasteiger partial charge in [0.05, 0.1) is 10.9 Å². The molecular weight excluding hydrogens is 274 g/mol. The molecule has 0 aliphatic heterocycles. The fourth-order valence-electron chi connectivity index (χ4n) is 1.94. The van der Waals surface area contributed by atoms with Crippen molar-refractivity contribution < 1.29 is 8.42 Å². The summed E-state index contributed by atoms with van der Waals surface area (Å²) in [4.78, 5) is 8.34. The maximum absolute atomic E-state index is 11.8. The Balaban J connectivity index is 1.75. The zero-order valence-corrected chi connectivity index (χ0v) is 11.7. The van der Waals surface area contributed by atoms with Gasteiger partial charge in [0.25, 0.3) is 0 Å². The lowest BCUT2D eigenvalue weighted by Gasteiger charge is -2.07. The van der Waals surface area contributed by atoms with Crippen molar-refractivity contribution in [2.45, 2.75) is 24.6 Å². The highest BCUT2D eigenvalue weighted by atomic mass is 32.2. The van der Waals surface area contributed by atoms with Crippen LogP contribution in [0.3, 0.4) is 0 Å². The van der Waals surface area contributed by atoms with Crippen LogP contribution in [0.1, 0.15) is 18.4 Å². The molecule has 0 amide bonds. The van der Waals surface area contributed by atoms with E-state index >= 15 is 0 Å². The first-order valence-corrected chi connectivity index (χ1v) is 8.03. The predicted octanol–water partition coefficient (Wildman–Crippen LogP) is 1.73. The third-order valence-electron chi connectivity index (χ3n) is 3.22. The Hall–Kier alpha value is -1.79. The Labute approximate surface area is 118 Å². The number of pyridine rings is 2. The molecule has 20 heavy (non-hydrogen) atoms. The van der Waals surface area contributed by atoms with Crippen molar-refractivity contribution in [3.05, 3.63) is 48.4 Å². The van der Waals surface area contributed by atoms with Crippen molar-refractivity contribution in [2.75, 3.05) is 0 Å². The highest BCUT2D eigenvalue weighted by Crippen LogP contribution is 2.27. The summed E-state index contributed by atoms with van der Waals surface area (Å²) in [7, 11) is -3.15. The summed E-state index contributed by atoms with van der Waals surface area (Å²) in [5.74, 6) is 0. The van der Waals surface area contributed by atoms with Gasteiger partial charge in [0.2, 0.25) is 10.0 Å². The molecule has 3 rings (SSSR count). The van der Waals surface area contributed by atoms with Gasteiger partial charge >= 0.3 is 0 Å². The van der Waals surface area contributed by atoms with E-state index in [9.17, 15) is 8.42 Å². The first-order chi connectivity index (χ1) is 9.65. The molecule has 1 N–H and O–H groups in total. The molecule has 0 unspecified atom stereocenters. The van der Waals surface area contributed by atoms with Gasteiger partial charge in [-0.05, 0) is 42.7 Å². The Kier molecular flexibility index (Phi) is 3.50. The number of rotatable bonds is 5. The molecule has 0 radical (unpaired) electrons. The normalized spacial score (nSPS) is 15.2. The van der Waals surface area contributed by atoms with Crippen LogP contribution >= 0.6 is 0 Å². The third-order valence-corrected chi connectivity index (χ3v) is 5.12. The summed E-state index contributed by atoms with van der Waals surface area (Å²) in [5, 5.41) is -0.192. The molecule has 5 nitrogen and oxygen atoms in total. The largest absolute Gasteiger partial charge is 0.264 e. The molecule has 1 aliphatic carbocycles. The van der Waals surface area contributed by atoms with Crippen molar-refractivity contribution >= 4 is 10.0 Å². The van der Waals surface area contributed by atoms with Crippen molar-refractivity contribution in [1.29, 1.82) is 0 Å². The minimum absolute atomic E-state index is 0.192. The summed E-state index contributed by atoms with van der Waals surface area (Å²) in [6.45, 7) is 0.300. The fourth-order valence-corrected chi connectivity index (χ4v) is 3.30. The average molecular weight is 289 g/mol. The van der Waals surface area contributed by atoms with Gasteiger partial charge in [-0.1, -0.05) is 0 Å². The minimum Gasteiger partial charge on any atom is -0.264 e. The number of aromatic nitrogens is 2. The zero-order valence-electron chi connectivity index (χ0n) is 10.9. The lowest BCUT2D eigenvalue weighted by molar-refractivity contribution is 0.580. The Morgan fingerprint density at radius 1 is 1.25 bits per heavy atom. The van der Waals surface area contributed by atoms with Crippen molar-refractivity contribution in [2.24, 2.45) is 0 Å². The number of sulfonamides is 1. The molecule has 104 valence electrons. The second-order valence-electron chi connectivity index (χ2n) is 4.86. The summed E-state index contributed by atoms with van der Waals surface area (Å²) in [5.41, 5.74) is 2.60. The molecule has 0 aromatic carbocycles. The van der Waals surface area contributed by atoms with Crippen LogP contribution in [0.5, 0.6) is 0 Å². The predicted molar refractivity (Wildman–Crippen MR) is 76.2 cm³/mol. The number of nitrogens with zero attached hydrogens (tertiary/aromatic N) is 2. The van der Waals surface area contributed by atoms with Gasteiger partial charge in [0.15, 0.2) is 0 Å². The lowest BCUT2D eigenvalue weighted by atomic mass is 10.1. The molecular formula is C14H15N3O2S. The molecule has 0 saturated heterocycles. The van der Waals surface area contributed by atoms with Crippen LogP contribution < -0.4 is 4.72 Å². The molecule has 6 heteroatoms. The fraction of sp³-hybridized carbons (Fsp3) is 0.286. The smallest absolute Gasteiger partial charge is 0.214 e. The van der Waals surface area contributed by atoms with Crippen molar-refractivity contribution in [3.8, 4) is 11.3 Å². The van der Waals surface area contributed by atoms with Gasteiger partial charge in [-0.15, -0.1) is 0 Å². The Morgan fingerprint density at radius 3 is 2.80 bits per heavy atom. The van der Waals surface area contributed by atoms with Crippen molar-refractivity contribution in [3.63, 3.8) is 0 Å². The average Bonchev–Trinajstić information content (AvgIpc) is 3.32. The Bertz CT molecular complexity index is 697. The number of hydrogen-bond donors (Lipinski definition) is 1. The quantitative estimate of drug-likeness (QED) is 0.909. The summed E-state index contributed by atoms with van der Waals surface area (Å²) < 4.78 is 26.2. The van der Waals surface area contributed by atoms with E-state index in [0.29, 0.717) is 6.54 Å². The SMILES string of the molecule is O=S(=O)(NCc1ccnc(-c2cccnc2)c1)C1CC1. The van der Waals surface area contributed by atoms with E-state index in [2.05, 4.69) is 14.7 Å². The van der Waals surface area contributed by atoms with Gasteiger partial charge in [-0.2, -0.15) is 0 Å². The van der Waals surface area contributed by atoms with Gasteiger partial charge in [-0.3, -0.25) is 9.97 Å². The van der Waals surface area contributed by atoms with Crippen LogP contribution in [0.25, 0.3) is 11.3 Å². The maximum atomic E-state index is 11.8. The standard InChI is InChI=1S/C14H15N3O2S/c18-20(19,13-3-4-13)17-9-11-5-7-16-14(8-11)12-2-1-6-15-10-12/h1-2,5-8,10,13,17H,3-4,9H2. The van der Waals surface area contributed by atoms with Crippen molar-refractivity contribution in [1.82, 2.24) is 14.7 Å². The highest BCUT2D eigenvalue weighted by Gasteiger charge is 2.35. The first-order valence-electron chi connectivity index (χ1n) is 6.49. The highest BCUT2D eigenvalue weighted by molar-refractivity contribution is 7.90. The van der Waals surface area contributed by atoms with Gasteiger partial charge in [-0.25, -0.2) is 13.1 Å². The van der Waals surface area contributed by atoms with Crippen LogP contribution in [0.4, 0.5) is 0 Å². The molecule has 1 aliphatic rings. The maximum Gasteiger partial charge on any atom is 0.214 e. The summed E-state index contributed by atoms with van der Waals surface area (Å²) >= 11 is 0. The monoisotopic (exact) mass is 289 g/mol. The first kappa shape index (κ1) is 13.2. The second kappa shape index (κ2) is 5.30. The molecule has 2 aromatic heterocycles. The molecule has 2 aromatic rings. The molecule has 1 saturated carbocycles. The molecule has 2 heterocycles. The van der Waals surface area contributed by atoms with Crippen LogP contribution in [-0.4, -0.2) is 23.6 Å². The lowest BCUT2D eigenvalue weighted by Crippen LogP contribution is -2.26. The van der Waals surface area contributed by atoms with Crippen LogP contribution in [-0.2, 0) is 16.6 Å². The second-order valence-corrected chi connectivity index (χ2v) is 6.90. The number of nitrogens with one attached hydrogen (secondary N) is 1. The van der Waals surface area contributed by atoms with E-state index in [1.807, 2.05) is 24.3 Å². The third kappa shape index (κ3) is 3.02. The van der Waals surface area contributed by atoms with Crippen LogP contribution in [0.2, 0.25) is 0 Å². The number of hydrogen-bond acceptors (Lipinski definition) is 4. The molecule has 0 spiro atoms. The van der Waals surface area contributed by atoms with Gasteiger partial charge < -0.3 is 0 Å². The summed E-state index contributed by atoms with van der Waals surface area (Å²) in [6, 6.07) is 7.47.